The summed E-state index contributed by atoms with van der Waals surface area (Å²) in [5, 5.41) is 16.5. The van der Waals surface area contributed by atoms with Crippen LogP contribution in [0, 0.1) is 11.3 Å². The third-order valence-corrected chi connectivity index (χ3v) is 12.4. The largest absolute Gasteiger partial charge is 0.455 e. The van der Waals surface area contributed by atoms with E-state index >= 15 is 0 Å². The zero-order valence-electron chi connectivity index (χ0n) is 34.1. The highest BCUT2D eigenvalue weighted by Gasteiger charge is 2.18. The number of anilines is 3. The van der Waals surface area contributed by atoms with Gasteiger partial charge >= 0.3 is 0 Å². The van der Waals surface area contributed by atoms with Crippen molar-refractivity contribution >= 4 is 71.6 Å². The predicted octanol–water partition coefficient (Wildman–Crippen LogP) is 16.2. The van der Waals surface area contributed by atoms with E-state index in [9.17, 15) is 5.26 Å². The Balaban J connectivity index is 1.04. The lowest BCUT2D eigenvalue weighted by molar-refractivity contribution is 0.670. The molecule has 0 bridgehead atoms. The van der Waals surface area contributed by atoms with Gasteiger partial charge in [-0.25, -0.2) is 0 Å². The zero-order valence-corrected chi connectivity index (χ0v) is 34.1. The van der Waals surface area contributed by atoms with Crippen LogP contribution in [-0.2, 0) is 0 Å². The van der Waals surface area contributed by atoms with Crippen molar-refractivity contribution in [1.82, 2.24) is 4.57 Å². The maximum Gasteiger partial charge on any atom is 0.143 e. The normalized spacial score (nSPS) is 11.5. The Labute approximate surface area is 364 Å². The smallest absolute Gasteiger partial charge is 0.143 e. The van der Waals surface area contributed by atoms with E-state index < -0.39 is 0 Å². The summed E-state index contributed by atoms with van der Waals surface area (Å²) < 4.78 is 8.94. The molecule has 0 aliphatic carbocycles. The van der Waals surface area contributed by atoms with Crippen LogP contribution >= 0.6 is 0 Å². The molecule has 12 aromatic rings. The Morgan fingerprint density at radius 2 is 1.00 bits per heavy atom. The molecule has 0 unspecified atom stereocenters. The van der Waals surface area contributed by atoms with E-state index in [2.05, 4.69) is 204 Å². The van der Waals surface area contributed by atoms with Gasteiger partial charge in [0, 0.05) is 49.9 Å². The van der Waals surface area contributed by atoms with Gasteiger partial charge in [0.25, 0.3) is 0 Å². The second kappa shape index (κ2) is 14.8. The molecule has 12 rings (SSSR count). The molecule has 0 atom stereocenters. The summed E-state index contributed by atoms with van der Waals surface area (Å²) in [5.41, 5.74) is 15.5. The number of aromatic nitrogens is 1. The van der Waals surface area contributed by atoms with Crippen molar-refractivity contribution in [2.75, 3.05) is 4.90 Å². The average molecular weight is 804 g/mol. The molecule has 4 heteroatoms. The Bertz CT molecular complexity index is 3700. The number of furan rings is 1. The molecule has 294 valence electrons. The molecule has 0 spiro atoms. The standard InChI is InChI=1S/C59H37N3O/c60-38-39-22-28-49(29-23-39)62-56-20-9-7-16-52(56)53-31-27-43(37-57(53)62)45-33-44(34-46(35-45)51-18-11-19-55-54-17-8-10-21-58(54)63-59(51)55)41-24-25-42-36-50(30-26-40(42)32-41)61(47-12-3-1-4-13-47)48-14-5-2-6-15-48/h1-37H. The summed E-state index contributed by atoms with van der Waals surface area (Å²) in [5.74, 6) is 0. The van der Waals surface area contributed by atoms with Gasteiger partial charge in [0.15, 0.2) is 0 Å². The molecule has 10 aromatic carbocycles. The SMILES string of the molecule is N#Cc1ccc(-n2c3ccccc3c3ccc(-c4cc(-c5ccc6cc(N(c7ccccc7)c7ccccc7)ccc6c5)cc(-c5cccc6c5oc5ccccc56)c4)cc32)cc1. The first-order chi connectivity index (χ1) is 31.2. The van der Waals surface area contributed by atoms with E-state index in [1.54, 1.807) is 0 Å². The number of nitrogens with zero attached hydrogens (tertiary/aromatic N) is 3. The van der Waals surface area contributed by atoms with Crippen molar-refractivity contribution in [3.8, 4) is 45.1 Å². The van der Waals surface area contributed by atoms with Gasteiger partial charge in [-0.15, -0.1) is 0 Å². The third-order valence-electron chi connectivity index (χ3n) is 12.4. The fourth-order valence-electron chi connectivity index (χ4n) is 9.36. The number of fused-ring (bicyclic) bond motifs is 7. The molecule has 0 aliphatic heterocycles. The fourth-order valence-corrected chi connectivity index (χ4v) is 9.36. The van der Waals surface area contributed by atoms with Crippen LogP contribution in [0.4, 0.5) is 17.1 Å². The molecule has 0 saturated carbocycles. The van der Waals surface area contributed by atoms with Gasteiger partial charge in [-0.2, -0.15) is 5.26 Å². The van der Waals surface area contributed by atoms with Crippen molar-refractivity contribution in [3.05, 3.63) is 230 Å². The van der Waals surface area contributed by atoms with Crippen molar-refractivity contribution in [2.24, 2.45) is 0 Å². The minimum absolute atomic E-state index is 0.638. The molecule has 2 aromatic heterocycles. The molecule has 63 heavy (non-hydrogen) atoms. The summed E-state index contributed by atoms with van der Waals surface area (Å²) in [6.45, 7) is 0. The van der Waals surface area contributed by atoms with Crippen LogP contribution in [0.2, 0.25) is 0 Å². The second-order valence-electron chi connectivity index (χ2n) is 16.1. The Morgan fingerprint density at radius 1 is 0.397 bits per heavy atom. The molecule has 4 nitrogen and oxygen atoms in total. The minimum atomic E-state index is 0.638. The first kappa shape index (κ1) is 36.2. The summed E-state index contributed by atoms with van der Waals surface area (Å²) in [7, 11) is 0. The Hall–Kier alpha value is -8.65. The summed E-state index contributed by atoms with van der Waals surface area (Å²) in [4.78, 5) is 2.30. The van der Waals surface area contributed by atoms with E-state index in [0.717, 1.165) is 99.9 Å². The van der Waals surface area contributed by atoms with Crippen molar-refractivity contribution in [3.63, 3.8) is 0 Å². The zero-order chi connectivity index (χ0) is 41.9. The van der Waals surface area contributed by atoms with Gasteiger partial charge in [-0.1, -0.05) is 121 Å². The average Bonchev–Trinajstić information content (AvgIpc) is 3.90. The third kappa shape index (κ3) is 6.22. The molecular formula is C59H37N3O. The van der Waals surface area contributed by atoms with Crippen LogP contribution in [0.15, 0.2) is 229 Å². The highest BCUT2D eigenvalue weighted by molar-refractivity contribution is 6.11. The molecular weight excluding hydrogens is 767 g/mol. The molecule has 0 aliphatic rings. The predicted molar refractivity (Wildman–Crippen MR) is 261 cm³/mol. The van der Waals surface area contributed by atoms with Gasteiger partial charge in [0.2, 0.25) is 0 Å². The first-order valence-electron chi connectivity index (χ1n) is 21.2. The van der Waals surface area contributed by atoms with Gasteiger partial charge < -0.3 is 13.9 Å². The maximum absolute atomic E-state index is 9.57. The summed E-state index contributed by atoms with van der Waals surface area (Å²) >= 11 is 0. The van der Waals surface area contributed by atoms with Crippen LogP contribution in [0.3, 0.4) is 0 Å². The van der Waals surface area contributed by atoms with Crippen molar-refractivity contribution in [1.29, 1.82) is 5.26 Å². The monoisotopic (exact) mass is 803 g/mol. The Morgan fingerprint density at radius 3 is 1.76 bits per heavy atom. The number of para-hydroxylation sites is 5. The molecule has 0 radical (unpaired) electrons. The lowest BCUT2D eigenvalue weighted by Crippen LogP contribution is -2.09. The first-order valence-corrected chi connectivity index (χ1v) is 21.2. The number of hydrogen-bond donors (Lipinski definition) is 0. The second-order valence-corrected chi connectivity index (χ2v) is 16.1. The van der Waals surface area contributed by atoms with Crippen LogP contribution < -0.4 is 4.90 Å². The summed E-state index contributed by atoms with van der Waals surface area (Å²) in [6.07, 6.45) is 0. The molecule has 0 amide bonds. The number of hydrogen-bond acceptors (Lipinski definition) is 3. The highest BCUT2D eigenvalue weighted by Crippen LogP contribution is 2.42. The van der Waals surface area contributed by atoms with Gasteiger partial charge in [-0.05, 0) is 142 Å². The number of nitriles is 1. The number of benzene rings is 10. The lowest BCUT2D eigenvalue weighted by Gasteiger charge is -2.25. The van der Waals surface area contributed by atoms with E-state index in [4.69, 9.17) is 4.42 Å². The van der Waals surface area contributed by atoms with E-state index in [0.29, 0.717) is 5.56 Å². The van der Waals surface area contributed by atoms with Gasteiger partial charge in [0.1, 0.15) is 11.2 Å². The van der Waals surface area contributed by atoms with Crippen LogP contribution in [0.5, 0.6) is 0 Å². The van der Waals surface area contributed by atoms with Crippen LogP contribution in [-0.4, -0.2) is 4.57 Å². The minimum Gasteiger partial charge on any atom is -0.455 e. The van der Waals surface area contributed by atoms with E-state index in [1.165, 1.54) is 10.8 Å². The fraction of sp³-hybridized carbons (Fsp3) is 0. The van der Waals surface area contributed by atoms with Crippen LogP contribution in [0.25, 0.3) is 93.6 Å². The molecule has 2 heterocycles. The number of rotatable bonds is 7. The molecule has 0 N–H and O–H groups in total. The summed E-state index contributed by atoms with van der Waals surface area (Å²) in [6, 6.07) is 81.8. The molecule has 0 fully saturated rings. The van der Waals surface area contributed by atoms with Crippen molar-refractivity contribution < 1.29 is 4.42 Å². The van der Waals surface area contributed by atoms with E-state index in [-0.39, 0.29) is 0 Å². The van der Waals surface area contributed by atoms with Crippen LogP contribution in [0.1, 0.15) is 5.56 Å². The topological polar surface area (TPSA) is 45.1 Å². The van der Waals surface area contributed by atoms with E-state index in [1.807, 2.05) is 36.4 Å². The van der Waals surface area contributed by atoms with Crippen molar-refractivity contribution in [2.45, 2.75) is 0 Å². The maximum atomic E-state index is 9.57. The Kier molecular flexibility index (Phi) is 8.52. The van der Waals surface area contributed by atoms with Gasteiger partial charge in [-0.3, -0.25) is 0 Å². The molecule has 0 saturated heterocycles. The quantitative estimate of drug-likeness (QED) is 0.161. The van der Waals surface area contributed by atoms with Gasteiger partial charge in [0.05, 0.1) is 22.7 Å². The highest BCUT2D eigenvalue weighted by atomic mass is 16.3. The lowest BCUT2D eigenvalue weighted by atomic mass is 9.91.